The quantitative estimate of drug-likeness (QED) is 0.804. The van der Waals surface area contributed by atoms with Crippen molar-refractivity contribution in [2.75, 3.05) is 33.7 Å². The first-order chi connectivity index (χ1) is 9.61. The molecule has 3 atom stereocenters. The van der Waals surface area contributed by atoms with Crippen LogP contribution in [0.3, 0.4) is 0 Å². The van der Waals surface area contributed by atoms with Crippen molar-refractivity contribution in [1.29, 1.82) is 0 Å². The molecule has 1 saturated heterocycles. The molecular formula is C17H35N3. The highest BCUT2D eigenvalue weighted by atomic mass is 15.3. The molecule has 3 unspecified atom stereocenters. The normalized spacial score (nSPS) is 37.0. The van der Waals surface area contributed by atoms with Gasteiger partial charge in [-0.2, -0.15) is 0 Å². The molecule has 0 amide bonds. The van der Waals surface area contributed by atoms with Crippen LogP contribution >= 0.6 is 0 Å². The molecule has 1 aliphatic heterocycles. The average molecular weight is 281 g/mol. The number of rotatable bonds is 4. The molecule has 118 valence electrons. The van der Waals surface area contributed by atoms with Gasteiger partial charge in [-0.25, -0.2) is 0 Å². The molecule has 2 aliphatic rings. The summed E-state index contributed by atoms with van der Waals surface area (Å²) in [4.78, 5) is 5.17. The number of nitrogens with two attached hydrogens (primary N) is 1. The number of likely N-dealkylation sites (tertiary alicyclic amines) is 1. The molecule has 0 radical (unpaired) electrons. The van der Waals surface area contributed by atoms with Crippen LogP contribution in [0.5, 0.6) is 0 Å². The lowest BCUT2D eigenvalue weighted by Crippen LogP contribution is -2.59. The minimum absolute atomic E-state index is 0.304. The lowest BCUT2D eigenvalue weighted by atomic mass is 9.85. The van der Waals surface area contributed by atoms with Crippen LogP contribution in [0, 0.1) is 5.92 Å². The lowest BCUT2D eigenvalue weighted by molar-refractivity contribution is 0.0244. The van der Waals surface area contributed by atoms with E-state index in [4.69, 9.17) is 5.73 Å². The van der Waals surface area contributed by atoms with Gasteiger partial charge in [0.25, 0.3) is 0 Å². The Balaban J connectivity index is 2.05. The van der Waals surface area contributed by atoms with Gasteiger partial charge in [-0.05, 0) is 58.7 Å². The molecule has 1 saturated carbocycles. The Kier molecular flexibility index (Phi) is 5.88. The van der Waals surface area contributed by atoms with Crippen molar-refractivity contribution < 1.29 is 0 Å². The predicted molar refractivity (Wildman–Crippen MR) is 86.9 cm³/mol. The molecular weight excluding hydrogens is 246 g/mol. The van der Waals surface area contributed by atoms with Crippen molar-refractivity contribution in [2.24, 2.45) is 11.7 Å². The lowest BCUT2D eigenvalue weighted by Gasteiger charge is -2.48. The number of hydrogen-bond acceptors (Lipinski definition) is 3. The molecule has 2 rings (SSSR count). The Morgan fingerprint density at radius 1 is 1.15 bits per heavy atom. The van der Waals surface area contributed by atoms with E-state index in [0.717, 1.165) is 18.5 Å². The second-order valence-electron chi connectivity index (χ2n) is 7.34. The first-order valence-electron chi connectivity index (χ1n) is 8.73. The van der Waals surface area contributed by atoms with Crippen LogP contribution in [0.1, 0.15) is 58.3 Å². The van der Waals surface area contributed by atoms with Gasteiger partial charge in [-0.15, -0.1) is 0 Å². The SMILES string of the molecule is CCC1CCCC(CN)(N2CCCC(N(C)C)C2)CC1. The zero-order valence-electron chi connectivity index (χ0n) is 13.9. The van der Waals surface area contributed by atoms with E-state index < -0.39 is 0 Å². The van der Waals surface area contributed by atoms with Crippen LogP contribution in [0.2, 0.25) is 0 Å². The smallest absolute Gasteiger partial charge is 0.0332 e. The first kappa shape index (κ1) is 16.3. The summed E-state index contributed by atoms with van der Waals surface area (Å²) in [5, 5.41) is 0. The zero-order valence-corrected chi connectivity index (χ0v) is 13.9. The van der Waals surface area contributed by atoms with Crippen LogP contribution in [-0.4, -0.2) is 55.1 Å². The summed E-state index contributed by atoms with van der Waals surface area (Å²) >= 11 is 0. The highest BCUT2D eigenvalue weighted by Crippen LogP contribution is 2.37. The van der Waals surface area contributed by atoms with E-state index in [1.807, 2.05) is 0 Å². The van der Waals surface area contributed by atoms with E-state index in [2.05, 4.69) is 30.8 Å². The van der Waals surface area contributed by atoms with E-state index >= 15 is 0 Å². The molecule has 1 heterocycles. The van der Waals surface area contributed by atoms with Crippen LogP contribution < -0.4 is 5.73 Å². The minimum atomic E-state index is 0.304. The second kappa shape index (κ2) is 7.24. The van der Waals surface area contributed by atoms with E-state index in [-0.39, 0.29) is 0 Å². The third kappa shape index (κ3) is 3.55. The van der Waals surface area contributed by atoms with Crippen molar-refractivity contribution in [3.63, 3.8) is 0 Å². The monoisotopic (exact) mass is 281 g/mol. The molecule has 2 N–H and O–H groups in total. The summed E-state index contributed by atoms with van der Waals surface area (Å²) in [6.07, 6.45) is 10.9. The topological polar surface area (TPSA) is 32.5 Å². The Hall–Kier alpha value is -0.120. The van der Waals surface area contributed by atoms with Gasteiger partial charge in [-0.3, -0.25) is 4.90 Å². The fourth-order valence-corrected chi connectivity index (χ4v) is 4.33. The predicted octanol–water partition coefficient (Wildman–Crippen LogP) is 2.70. The number of nitrogens with zero attached hydrogens (tertiary/aromatic N) is 2. The summed E-state index contributed by atoms with van der Waals surface area (Å²) in [6.45, 7) is 5.69. The molecule has 0 spiro atoms. The Bertz CT molecular complexity index is 292. The fraction of sp³-hybridized carbons (Fsp3) is 1.00. The van der Waals surface area contributed by atoms with Gasteiger partial charge in [0.2, 0.25) is 0 Å². The summed E-state index contributed by atoms with van der Waals surface area (Å²) < 4.78 is 0. The molecule has 0 aromatic heterocycles. The first-order valence-corrected chi connectivity index (χ1v) is 8.73. The van der Waals surface area contributed by atoms with Crippen LogP contribution in [-0.2, 0) is 0 Å². The fourth-order valence-electron chi connectivity index (χ4n) is 4.33. The molecule has 3 nitrogen and oxygen atoms in total. The molecule has 20 heavy (non-hydrogen) atoms. The number of likely N-dealkylation sites (N-methyl/N-ethyl adjacent to an activating group) is 1. The third-order valence-corrected chi connectivity index (χ3v) is 6.03. The Morgan fingerprint density at radius 3 is 2.60 bits per heavy atom. The molecule has 1 aliphatic carbocycles. The van der Waals surface area contributed by atoms with Gasteiger partial charge in [0.15, 0.2) is 0 Å². The van der Waals surface area contributed by atoms with Crippen LogP contribution in [0.4, 0.5) is 0 Å². The molecule has 0 bridgehead atoms. The maximum Gasteiger partial charge on any atom is 0.0332 e. The largest absolute Gasteiger partial charge is 0.329 e. The summed E-state index contributed by atoms with van der Waals surface area (Å²) in [5.41, 5.74) is 6.60. The van der Waals surface area contributed by atoms with Gasteiger partial charge in [-0.1, -0.05) is 26.2 Å². The minimum Gasteiger partial charge on any atom is -0.329 e. The highest BCUT2D eigenvalue weighted by molar-refractivity contribution is 4.97. The maximum atomic E-state index is 6.29. The molecule has 0 aromatic carbocycles. The van der Waals surface area contributed by atoms with Crippen molar-refractivity contribution >= 4 is 0 Å². The number of hydrogen-bond donors (Lipinski definition) is 1. The van der Waals surface area contributed by atoms with Gasteiger partial charge < -0.3 is 10.6 Å². The summed E-state index contributed by atoms with van der Waals surface area (Å²) in [5.74, 6) is 0.942. The van der Waals surface area contributed by atoms with Gasteiger partial charge in [0, 0.05) is 24.7 Å². The van der Waals surface area contributed by atoms with Gasteiger partial charge >= 0.3 is 0 Å². The molecule has 0 aromatic rings. The van der Waals surface area contributed by atoms with Gasteiger partial charge in [0.1, 0.15) is 0 Å². The zero-order chi connectivity index (χ0) is 14.6. The molecule has 2 fully saturated rings. The van der Waals surface area contributed by atoms with Crippen molar-refractivity contribution in [2.45, 2.75) is 69.9 Å². The standard InChI is InChI=1S/C17H35N3/c1-4-15-7-5-10-17(14-18,11-9-15)20-12-6-8-16(13-20)19(2)3/h15-16H,4-14,18H2,1-3H3. The second-order valence-corrected chi connectivity index (χ2v) is 7.34. The van der Waals surface area contributed by atoms with E-state index in [9.17, 15) is 0 Å². The van der Waals surface area contributed by atoms with Crippen LogP contribution in [0.25, 0.3) is 0 Å². The van der Waals surface area contributed by atoms with E-state index in [0.29, 0.717) is 5.54 Å². The number of piperidine rings is 1. The van der Waals surface area contributed by atoms with Crippen molar-refractivity contribution in [1.82, 2.24) is 9.80 Å². The third-order valence-electron chi connectivity index (χ3n) is 6.03. The van der Waals surface area contributed by atoms with Gasteiger partial charge in [0.05, 0.1) is 0 Å². The summed E-state index contributed by atoms with van der Waals surface area (Å²) in [6, 6.07) is 0.720. The average Bonchev–Trinajstić information content (AvgIpc) is 2.70. The summed E-state index contributed by atoms with van der Waals surface area (Å²) in [7, 11) is 4.45. The molecule has 3 heteroatoms. The van der Waals surface area contributed by atoms with Crippen LogP contribution in [0.15, 0.2) is 0 Å². The Labute approximate surface area is 125 Å². The van der Waals surface area contributed by atoms with Crippen molar-refractivity contribution in [3.8, 4) is 0 Å². The van der Waals surface area contributed by atoms with E-state index in [1.165, 1.54) is 64.5 Å². The Morgan fingerprint density at radius 2 is 1.95 bits per heavy atom. The maximum absolute atomic E-state index is 6.29. The van der Waals surface area contributed by atoms with E-state index in [1.54, 1.807) is 0 Å². The highest BCUT2D eigenvalue weighted by Gasteiger charge is 2.39. The van der Waals surface area contributed by atoms with Crippen molar-refractivity contribution in [3.05, 3.63) is 0 Å².